The van der Waals surface area contributed by atoms with Crippen molar-refractivity contribution in [2.75, 3.05) is 53.1 Å². The van der Waals surface area contributed by atoms with E-state index < -0.39 is 0 Å². The summed E-state index contributed by atoms with van der Waals surface area (Å²) in [5, 5.41) is 3.53. The van der Waals surface area contributed by atoms with Crippen molar-refractivity contribution in [1.29, 1.82) is 0 Å². The molecule has 1 fully saturated rings. The van der Waals surface area contributed by atoms with Crippen molar-refractivity contribution in [2.24, 2.45) is 0 Å². The smallest absolute Gasteiger partial charge is 0.0700 e. The lowest BCUT2D eigenvalue weighted by atomic mass is 10.2. The number of likely N-dealkylation sites (N-methyl/N-ethyl adjacent to an activating group) is 1. The lowest BCUT2D eigenvalue weighted by Crippen LogP contribution is -2.38. The molecule has 1 saturated heterocycles. The average molecular weight is 244 g/mol. The Morgan fingerprint density at radius 2 is 2.18 bits per heavy atom. The van der Waals surface area contributed by atoms with Gasteiger partial charge in [0.1, 0.15) is 0 Å². The van der Waals surface area contributed by atoms with Gasteiger partial charge in [-0.05, 0) is 38.9 Å². The molecule has 0 saturated carbocycles. The first-order valence-corrected chi connectivity index (χ1v) is 6.90. The van der Waals surface area contributed by atoms with Crippen LogP contribution in [0.2, 0.25) is 0 Å². The van der Waals surface area contributed by atoms with Gasteiger partial charge in [0.05, 0.1) is 13.2 Å². The maximum Gasteiger partial charge on any atom is 0.0700 e. The first kappa shape index (κ1) is 14.9. The van der Waals surface area contributed by atoms with Gasteiger partial charge in [-0.2, -0.15) is 0 Å². The van der Waals surface area contributed by atoms with Crippen LogP contribution in [0.25, 0.3) is 0 Å². The summed E-state index contributed by atoms with van der Waals surface area (Å²) in [7, 11) is 1.70. The summed E-state index contributed by atoms with van der Waals surface area (Å²) in [6.45, 7) is 9.15. The molecule has 1 rings (SSSR count). The minimum atomic E-state index is 0.695. The molecule has 17 heavy (non-hydrogen) atoms. The van der Waals surface area contributed by atoms with Gasteiger partial charge in [0, 0.05) is 26.3 Å². The Hall–Kier alpha value is -0.160. The molecule has 1 aliphatic heterocycles. The number of ether oxygens (including phenoxy) is 2. The SMILES string of the molecule is CCN1CCCC1CNCCCOCCOC. The van der Waals surface area contributed by atoms with Crippen LogP contribution in [0.15, 0.2) is 0 Å². The van der Waals surface area contributed by atoms with Crippen LogP contribution in [0, 0.1) is 0 Å². The molecule has 1 N–H and O–H groups in total. The predicted molar refractivity (Wildman–Crippen MR) is 70.5 cm³/mol. The lowest BCUT2D eigenvalue weighted by Gasteiger charge is -2.22. The highest BCUT2D eigenvalue weighted by atomic mass is 16.5. The van der Waals surface area contributed by atoms with Crippen molar-refractivity contribution in [2.45, 2.75) is 32.2 Å². The van der Waals surface area contributed by atoms with Crippen molar-refractivity contribution in [3.63, 3.8) is 0 Å². The largest absolute Gasteiger partial charge is 0.382 e. The molecule has 1 heterocycles. The van der Waals surface area contributed by atoms with E-state index in [9.17, 15) is 0 Å². The fourth-order valence-electron chi connectivity index (χ4n) is 2.35. The standard InChI is InChI=1S/C13H28N2O2/c1-3-15-8-4-6-13(15)12-14-7-5-9-17-11-10-16-2/h13-14H,3-12H2,1-2H3. The van der Waals surface area contributed by atoms with E-state index in [0.717, 1.165) is 32.2 Å². The van der Waals surface area contributed by atoms with E-state index in [1.807, 2.05) is 0 Å². The maximum atomic E-state index is 5.41. The molecule has 0 aromatic rings. The Bertz CT molecular complexity index is 179. The van der Waals surface area contributed by atoms with Crippen molar-refractivity contribution in [3.8, 4) is 0 Å². The Kier molecular flexibility index (Phi) is 8.61. The zero-order chi connectivity index (χ0) is 12.3. The third kappa shape index (κ3) is 6.36. The summed E-state index contributed by atoms with van der Waals surface area (Å²) in [5.41, 5.74) is 0. The van der Waals surface area contributed by atoms with Gasteiger partial charge in [0.15, 0.2) is 0 Å². The normalized spacial score (nSPS) is 21.2. The van der Waals surface area contributed by atoms with Crippen molar-refractivity contribution < 1.29 is 9.47 Å². The number of methoxy groups -OCH3 is 1. The van der Waals surface area contributed by atoms with Crippen LogP contribution in [0.5, 0.6) is 0 Å². The van der Waals surface area contributed by atoms with Crippen LogP contribution >= 0.6 is 0 Å². The Balaban J connectivity index is 1.87. The number of rotatable bonds is 10. The molecule has 0 aromatic heterocycles. The van der Waals surface area contributed by atoms with Crippen LogP contribution in [0.1, 0.15) is 26.2 Å². The van der Waals surface area contributed by atoms with Gasteiger partial charge in [-0.25, -0.2) is 0 Å². The molecule has 1 unspecified atom stereocenters. The average Bonchev–Trinajstić information content (AvgIpc) is 2.80. The highest BCUT2D eigenvalue weighted by Crippen LogP contribution is 2.15. The summed E-state index contributed by atoms with van der Waals surface area (Å²) >= 11 is 0. The van der Waals surface area contributed by atoms with Crippen LogP contribution in [-0.4, -0.2) is 64.1 Å². The van der Waals surface area contributed by atoms with E-state index >= 15 is 0 Å². The first-order chi connectivity index (χ1) is 8.38. The number of likely N-dealkylation sites (tertiary alicyclic amines) is 1. The third-order valence-electron chi connectivity index (χ3n) is 3.36. The number of hydrogen-bond acceptors (Lipinski definition) is 4. The molecule has 0 radical (unpaired) electrons. The Morgan fingerprint density at radius 3 is 2.94 bits per heavy atom. The molecule has 0 amide bonds. The molecule has 0 spiro atoms. The van der Waals surface area contributed by atoms with Gasteiger partial charge in [0.2, 0.25) is 0 Å². The first-order valence-electron chi connectivity index (χ1n) is 6.90. The predicted octanol–water partition coefficient (Wildman–Crippen LogP) is 1.11. The van der Waals surface area contributed by atoms with Crippen LogP contribution in [0.4, 0.5) is 0 Å². The second kappa shape index (κ2) is 9.83. The molecule has 102 valence electrons. The van der Waals surface area contributed by atoms with Crippen molar-refractivity contribution in [3.05, 3.63) is 0 Å². The molecule has 0 aliphatic carbocycles. The zero-order valence-electron chi connectivity index (χ0n) is 11.4. The number of nitrogens with zero attached hydrogens (tertiary/aromatic N) is 1. The summed E-state index contributed by atoms with van der Waals surface area (Å²) in [5.74, 6) is 0. The van der Waals surface area contributed by atoms with Gasteiger partial charge in [-0.1, -0.05) is 6.92 Å². The monoisotopic (exact) mass is 244 g/mol. The Labute approximate surface area is 106 Å². The molecular weight excluding hydrogens is 216 g/mol. The van der Waals surface area contributed by atoms with Crippen molar-refractivity contribution >= 4 is 0 Å². The van der Waals surface area contributed by atoms with E-state index in [0.29, 0.717) is 13.2 Å². The Morgan fingerprint density at radius 1 is 1.29 bits per heavy atom. The van der Waals surface area contributed by atoms with E-state index in [1.165, 1.54) is 25.9 Å². The van der Waals surface area contributed by atoms with Gasteiger partial charge in [-0.15, -0.1) is 0 Å². The summed E-state index contributed by atoms with van der Waals surface area (Å²) < 4.78 is 10.3. The molecule has 0 aromatic carbocycles. The van der Waals surface area contributed by atoms with E-state index in [2.05, 4.69) is 17.1 Å². The topological polar surface area (TPSA) is 33.7 Å². The lowest BCUT2D eigenvalue weighted by molar-refractivity contribution is 0.0693. The summed E-state index contributed by atoms with van der Waals surface area (Å²) in [4.78, 5) is 2.57. The van der Waals surface area contributed by atoms with Crippen LogP contribution in [-0.2, 0) is 9.47 Å². The third-order valence-corrected chi connectivity index (χ3v) is 3.36. The summed E-state index contributed by atoms with van der Waals surface area (Å²) in [6.07, 6.45) is 3.80. The van der Waals surface area contributed by atoms with Crippen LogP contribution < -0.4 is 5.32 Å². The van der Waals surface area contributed by atoms with E-state index in [1.54, 1.807) is 7.11 Å². The second-order valence-corrected chi connectivity index (χ2v) is 4.59. The molecule has 0 bridgehead atoms. The molecule has 4 heteroatoms. The fraction of sp³-hybridized carbons (Fsp3) is 1.00. The quantitative estimate of drug-likeness (QED) is 0.584. The highest BCUT2D eigenvalue weighted by Gasteiger charge is 2.21. The molecule has 4 nitrogen and oxygen atoms in total. The van der Waals surface area contributed by atoms with Gasteiger partial charge in [-0.3, -0.25) is 4.90 Å². The van der Waals surface area contributed by atoms with Gasteiger partial charge >= 0.3 is 0 Å². The second-order valence-electron chi connectivity index (χ2n) is 4.59. The number of hydrogen-bond donors (Lipinski definition) is 1. The maximum absolute atomic E-state index is 5.41. The molecule has 1 aliphatic rings. The van der Waals surface area contributed by atoms with Gasteiger partial charge in [0.25, 0.3) is 0 Å². The highest BCUT2D eigenvalue weighted by molar-refractivity contribution is 4.79. The van der Waals surface area contributed by atoms with Gasteiger partial charge < -0.3 is 14.8 Å². The van der Waals surface area contributed by atoms with Crippen molar-refractivity contribution in [1.82, 2.24) is 10.2 Å². The fourth-order valence-corrected chi connectivity index (χ4v) is 2.35. The molecule has 1 atom stereocenters. The summed E-state index contributed by atoms with van der Waals surface area (Å²) in [6, 6.07) is 0.759. The van der Waals surface area contributed by atoms with Crippen LogP contribution in [0.3, 0.4) is 0 Å². The molecular formula is C13H28N2O2. The van der Waals surface area contributed by atoms with E-state index in [-0.39, 0.29) is 0 Å². The minimum absolute atomic E-state index is 0.695. The van der Waals surface area contributed by atoms with E-state index in [4.69, 9.17) is 9.47 Å². The minimum Gasteiger partial charge on any atom is -0.382 e. The zero-order valence-corrected chi connectivity index (χ0v) is 11.4. The number of nitrogens with one attached hydrogen (secondary N) is 1.